The van der Waals surface area contributed by atoms with E-state index < -0.39 is 36.0 Å². The van der Waals surface area contributed by atoms with Gasteiger partial charge in [-0.05, 0) is 17.9 Å². The summed E-state index contributed by atoms with van der Waals surface area (Å²) in [5.41, 5.74) is 17.6. The number of carboxylic acids is 3. The van der Waals surface area contributed by atoms with Gasteiger partial charge >= 0.3 is 17.9 Å². The fourth-order valence-electron chi connectivity index (χ4n) is 2.17. The second-order valence-electron chi connectivity index (χ2n) is 7.11. The molecule has 32 heavy (non-hydrogen) atoms. The Morgan fingerprint density at radius 3 is 1.84 bits per heavy atom. The number of hydrogen-bond acceptors (Lipinski definition) is 7. The lowest BCUT2D eigenvalue weighted by Crippen LogP contribution is -2.36. The monoisotopic (exact) mass is 451 g/mol. The molecule has 0 fully saturated rings. The third-order valence-corrected chi connectivity index (χ3v) is 4.47. The predicted octanol–water partition coefficient (Wildman–Crippen LogP) is 0.450. The zero-order valence-electron chi connectivity index (χ0n) is 18.2. The van der Waals surface area contributed by atoms with Gasteiger partial charge in [0.15, 0.2) is 0 Å². The molecule has 1 heterocycles. The highest BCUT2D eigenvalue weighted by Gasteiger charge is 2.17. The van der Waals surface area contributed by atoms with Crippen LogP contribution in [0.1, 0.15) is 31.5 Å². The third-order valence-electron chi connectivity index (χ3n) is 4.47. The number of rotatable bonds is 9. The molecular formula is C21H33N5O6. The topological polar surface area (TPSA) is 219 Å². The quantitative estimate of drug-likeness (QED) is 0.279. The van der Waals surface area contributed by atoms with Crippen molar-refractivity contribution in [2.24, 2.45) is 23.1 Å². The summed E-state index contributed by atoms with van der Waals surface area (Å²) in [5.74, 6) is -2.80. The van der Waals surface area contributed by atoms with Crippen LogP contribution >= 0.6 is 0 Å². The molecule has 0 aliphatic carbocycles. The molecule has 1 aromatic heterocycles. The fraction of sp³-hybridized carbons (Fsp3) is 0.429. The minimum Gasteiger partial charge on any atom is -0.480 e. The Morgan fingerprint density at radius 2 is 1.47 bits per heavy atom. The molecule has 0 saturated carbocycles. The number of hydrogen-bond donors (Lipinski definition) is 7. The Morgan fingerprint density at radius 1 is 0.938 bits per heavy atom. The first kappa shape index (κ1) is 28.7. The van der Waals surface area contributed by atoms with Crippen LogP contribution in [0.25, 0.3) is 0 Å². The van der Waals surface area contributed by atoms with Gasteiger partial charge in [0.1, 0.15) is 18.1 Å². The molecule has 4 atom stereocenters. The largest absolute Gasteiger partial charge is 0.480 e. The van der Waals surface area contributed by atoms with Crippen molar-refractivity contribution in [3.63, 3.8) is 0 Å². The molecule has 10 N–H and O–H groups in total. The zero-order chi connectivity index (χ0) is 24.7. The maximum atomic E-state index is 10.4. The summed E-state index contributed by atoms with van der Waals surface area (Å²) in [6, 6.07) is 6.99. The molecule has 0 amide bonds. The van der Waals surface area contributed by atoms with Crippen LogP contribution in [0.4, 0.5) is 0 Å². The minimum atomic E-state index is -1.00. The van der Waals surface area contributed by atoms with E-state index in [4.69, 9.17) is 32.5 Å². The fourth-order valence-corrected chi connectivity index (χ4v) is 2.17. The molecule has 0 aliphatic heterocycles. The Labute approximate surface area is 186 Å². The van der Waals surface area contributed by atoms with Crippen molar-refractivity contribution >= 4 is 17.9 Å². The Hall–Kier alpha value is -3.28. The number of aromatic amines is 1. The number of aromatic nitrogens is 2. The van der Waals surface area contributed by atoms with Crippen LogP contribution in [-0.4, -0.2) is 61.3 Å². The van der Waals surface area contributed by atoms with E-state index in [1.807, 2.05) is 44.2 Å². The number of carbonyl (C=O) groups is 3. The van der Waals surface area contributed by atoms with Crippen molar-refractivity contribution in [1.82, 2.24) is 9.97 Å². The van der Waals surface area contributed by atoms with E-state index in [2.05, 4.69) is 9.97 Å². The standard InChI is InChI=1S/C9H11NO2.C6H9N3O2.C6H13NO2/c10-8(9(11)12)6-7-4-2-1-3-5-7;7-5(6(10)11)1-4-2-8-3-9-4;1-3-4(2)5(7)6(8)9/h1-5,8H,6,10H2,(H,11,12);2-3,5H,1,7H2,(H,8,9)(H,10,11);4-5H,3,7H2,1-2H3,(H,8,9). The molecule has 2 aromatic rings. The molecule has 1 aromatic carbocycles. The van der Waals surface area contributed by atoms with Gasteiger partial charge in [0.05, 0.1) is 6.33 Å². The third kappa shape index (κ3) is 12.4. The van der Waals surface area contributed by atoms with Crippen molar-refractivity contribution in [2.45, 2.75) is 51.2 Å². The number of nitrogens with zero attached hydrogens (tertiary/aromatic N) is 1. The van der Waals surface area contributed by atoms with Crippen LogP contribution in [0, 0.1) is 5.92 Å². The molecule has 2 rings (SSSR count). The number of imidazole rings is 1. The van der Waals surface area contributed by atoms with Gasteiger partial charge in [0.2, 0.25) is 0 Å². The SMILES string of the molecule is CCC(C)C(N)C(=O)O.NC(Cc1ccccc1)C(=O)O.NC(Cc1cnc[nH]1)C(=O)O. The summed E-state index contributed by atoms with van der Waals surface area (Å²) in [4.78, 5) is 37.3. The Balaban J connectivity index is 0.000000456. The lowest BCUT2D eigenvalue weighted by molar-refractivity contribution is -0.140. The first-order valence-corrected chi connectivity index (χ1v) is 9.95. The molecule has 0 saturated heterocycles. The van der Waals surface area contributed by atoms with E-state index >= 15 is 0 Å². The second kappa shape index (κ2) is 15.5. The highest BCUT2D eigenvalue weighted by Crippen LogP contribution is 2.04. The van der Waals surface area contributed by atoms with Crippen LogP contribution in [0.3, 0.4) is 0 Å². The van der Waals surface area contributed by atoms with Gasteiger partial charge in [0.25, 0.3) is 0 Å². The highest BCUT2D eigenvalue weighted by molar-refractivity contribution is 5.74. The lowest BCUT2D eigenvalue weighted by atomic mass is 10.0. The summed E-state index contributed by atoms with van der Waals surface area (Å²) in [6.45, 7) is 3.76. The van der Waals surface area contributed by atoms with E-state index in [0.717, 1.165) is 17.7 Å². The first-order chi connectivity index (χ1) is 15.0. The van der Waals surface area contributed by atoms with Gasteiger partial charge in [-0.15, -0.1) is 0 Å². The van der Waals surface area contributed by atoms with E-state index in [-0.39, 0.29) is 12.3 Å². The number of aliphatic carboxylic acids is 3. The molecule has 0 radical (unpaired) electrons. The summed E-state index contributed by atoms with van der Waals surface area (Å²) >= 11 is 0. The van der Waals surface area contributed by atoms with Crippen LogP contribution in [0.2, 0.25) is 0 Å². The predicted molar refractivity (Wildman–Crippen MR) is 119 cm³/mol. The van der Waals surface area contributed by atoms with Gasteiger partial charge in [-0.3, -0.25) is 14.4 Å². The number of nitrogens with two attached hydrogens (primary N) is 3. The van der Waals surface area contributed by atoms with Crippen LogP contribution < -0.4 is 17.2 Å². The number of nitrogens with one attached hydrogen (secondary N) is 1. The zero-order valence-corrected chi connectivity index (χ0v) is 18.2. The number of H-pyrrole nitrogens is 1. The number of carboxylic acid groups (broad SMARTS) is 3. The van der Waals surface area contributed by atoms with Gasteiger partial charge in [-0.25, -0.2) is 4.98 Å². The van der Waals surface area contributed by atoms with E-state index in [1.165, 1.54) is 6.33 Å². The summed E-state index contributed by atoms with van der Waals surface area (Å²) in [7, 11) is 0. The van der Waals surface area contributed by atoms with E-state index in [1.54, 1.807) is 6.20 Å². The first-order valence-electron chi connectivity index (χ1n) is 9.95. The van der Waals surface area contributed by atoms with Gasteiger partial charge in [-0.1, -0.05) is 50.6 Å². The molecule has 178 valence electrons. The maximum absolute atomic E-state index is 10.4. The molecule has 0 aliphatic rings. The van der Waals surface area contributed by atoms with Crippen LogP contribution in [0.15, 0.2) is 42.9 Å². The van der Waals surface area contributed by atoms with E-state index in [0.29, 0.717) is 6.42 Å². The lowest BCUT2D eigenvalue weighted by Gasteiger charge is -2.11. The molecular weight excluding hydrogens is 418 g/mol. The minimum absolute atomic E-state index is 0.0718. The Bertz CT molecular complexity index is 800. The van der Waals surface area contributed by atoms with Crippen LogP contribution in [0.5, 0.6) is 0 Å². The average Bonchev–Trinajstić information content (AvgIpc) is 3.27. The summed E-state index contributed by atoms with van der Waals surface area (Å²) in [6.07, 6.45) is 4.53. The molecule has 11 heteroatoms. The van der Waals surface area contributed by atoms with Crippen molar-refractivity contribution in [3.05, 3.63) is 54.1 Å². The van der Waals surface area contributed by atoms with Crippen LogP contribution in [-0.2, 0) is 27.2 Å². The van der Waals surface area contributed by atoms with Crippen molar-refractivity contribution < 1.29 is 29.7 Å². The summed E-state index contributed by atoms with van der Waals surface area (Å²) < 4.78 is 0. The van der Waals surface area contributed by atoms with E-state index in [9.17, 15) is 14.4 Å². The molecule has 0 bridgehead atoms. The van der Waals surface area contributed by atoms with Crippen molar-refractivity contribution in [1.29, 1.82) is 0 Å². The Kier molecular flexibility index (Phi) is 13.9. The maximum Gasteiger partial charge on any atom is 0.320 e. The summed E-state index contributed by atoms with van der Waals surface area (Å²) in [5, 5.41) is 25.3. The van der Waals surface area contributed by atoms with Crippen molar-refractivity contribution in [3.8, 4) is 0 Å². The van der Waals surface area contributed by atoms with Gasteiger partial charge < -0.3 is 37.5 Å². The second-order valence-corrected chi connectivity index (χ2v) is 7.11. The van der Waals surface area contributed by atoms with Gasteiger partial charge in [0, 0.05) is 18.3 Å². The smallest absolute Gasteiger partial charge is 0.320 e. The molecule has 11 nitrogen and oxygen atoms in total. The molecule has 0 spiro atoms. The normalized spacial score (nSPS) is 13.8. The number of benzene rings is 1. The van der Waals surface area contributed by atoms with Crippen molar-refractivity contribution in [2.75, 3.05) is 0 Å². The van der Waals surface area contributed by atoms with Gasteiger partial charge in [-0.2, -0.15) is 0 Å². The highest BCUT2D eigenvalue weighted by atomic mass is 16.4. The molecule has 4 unspecified atom stereocenters. The average molecular weight is 452 g/mol.